The molecular formula is C20H21Cl2FN2O2. The average molecular weight is 411 g/mol. The van der Waals surface area contributed by atoms with Crippen LogP contribution in [0, 0.1) is 5.82 Å². The molecule has 0 saturated carbocycles. The van der Waals surface area contributed by atoms with Crippen LogP contribution in [0.1, 0.15) is 11.1 Å². The molecule has 4 nitrogen and oxygen atoms in total. The van der Waals surface area contributed by atoms with Gasteiger partial charge in [-0.1, -0.05) is 41.4 Å². The fraction of sp³-hybridized carbons (Fsp3) is 0.350. The predicted molar refractivity (Wildman–Crippen MR) is 105 cm³/mol. The molecule has 1 amide bonds. The molecule has 0 bridgehead atoms. The molecule has 0 aromatic heterocycles. The molecule has 2 aromatic carbocycles. The molecule has 27 heavy (non-hydrogen) atoms. The van der Waals surface area contributed by atoms with Gasteiger partial charge < -0.3 is 10.1 Å². The molecule has 0 spiro atoms. The minimum Gasteiger partial charge on any atom is -0.374 e. The van der Waals surface area contributed by atoms with Gasteiger partial charge in [-0.2, -0.15) is 0 Å². The van der Waals surface area contributed by atoms with E-state index in [0.29, 0.717) is 35.3 Å². The van der Waals surface area contributed by atoms with Crippen LogP contribution in [0.25, 0.3) is 0 Å². The molecular weight excluding hydrogens is 390 g/mol. The van der Waals surface area contributed by atoms with Crippen LogP contribution in [-0.4, -0.2) is 43.2 Å². The maximum atomic E-state index is 13.2. The van der Waals surface area contributed by atoms with Crippen LogP contribution in [0.3, 0.4) is 0 Å². The second-order valence-electron chi connectivity index (χ2n) is 6.59. The minimum absolute atomic E-state index is 0.0852. The topological polar surface area (TPSA) is 41.6 Å². The SMILES string of the molecule is O=C(Cc1cccc(F)c1)NCC1CN(Cc2ccc(Cl)c(Cl)c2)CCO1. The van der Waals surface area contributed by atoms with Crippen molar-refractivity contribution in [2.75, 3.05) is 26.2 Å². The number of carbonyl (C=O) groups excluding carboxylic acids is 1. The summed E-state index contributed by atoms with van der Waals surface area (Å²) >= 11 is 12.0. The number of hydrogen-bond acceptors (Lipinski definition) is 3. The van der Waals surface area contributed by atoms with Gasteiger partial charge in [0.2, 0.25) is 5.91 Å². The maximum absolute atomic E-state index is 13.2. The first-order valence-electron chi connectivity index (χ1n) is 8.78. The van der Waals surface area contributed by atoms with Gasteiger partial charge in [0.25, 0.3) is 0 Å². The summed E-state index contributed by atoms with van der Waals surface area (Å²) in [5, 5.41) is 3.96. The Bertz CT molecular complexity index is 803. The molecule has 1 aliphatic heterocycles. The van der Waals surface area contributed by atoms with Crippen molar-refractivity contribution in [1.29, 1.82) is 0 Å². The number of halogens is 3. The number of nitrogens with one attached hydrogen (secondary N) is 1. The molecule has 1 unspecified atom stereocenters. The summed E-state index contributed by atoms with van der Waals surface area (Å²) in [5.74, 6) is -0.486. The lowest BCUT2D eigenvalue weighted by atomic mass is 10.1. The van der Waals surface area contributed by atoms with Gasteiger partial charge in [0, 0.05) is 26.2 Å². The first kappa shape index (κ1) is 20.1. The number of rotatable bonds is 6. The number of morpholine rings is 1. The van der Waals surface area contributed by atoms with E-state index in [1.165, 1.54) is 12.1 Å². The number of amides is 1. The largest absolute Gasteiger partial charge is 0.374 e. The Labute approximate surface area is 168 Å². The van der Waals surface area contributed by atoms with Crippen molar-refractivity contribution in [3.63, 3.8) is 0 Å². The molecule has 2 aromatic rings. The minimum atomic E-state index is -0.339. The van der Waals surface area contributed by atoms with Crippen LogP contribution in [0.2, 0.25) is 10.0 Å². The summed E-state index contributed by atoms with van der Waals surface area (Å²) in [7, 11) is 0. The smallest absolute Gasteiger partial charge is 0.224 e. The monoisotopic (exact) mass is 410 g/mol. The van der Waals surface area contributed by atoms with Crippen LogP contribution < -0.4 is 5.32 Å². The molecule has 1 heterocycles. The van der Waals surface area contributed by atoms with Gasteiger partial charge in [-0.3, -0.25) is 9.69 Å². The second-order valence-corrected chi connectivity index (χ2v) is 7.40. The highest BCUT2D eigenvalue weighted by Crippen LogP contribution is 2.23. The van der Waals surface area contributed by atoms with Gasteiger partial charge in [0.05, 0.1) is 29.2 Å². The molecule has 0 radical (unpaired) electrons. The van der Waals surface area contributed by atoms with Crippen molar-refractivity contribution < 1.29 is 13.9 Å². The van der Waals surface area contributed by atoms with E-state index >= 15 is 0 Å². The molecule has 7 heteroatoms. The fourth-order valence-corrected chi connectivity index (χ4v) is 3.39. The van der Waals surface area contributed by atoms with E-state index in [2.05, 4.69) is 10.2 Å². The van der Waals surface area contributed by atoms with E-state index in [1.54, 1.807) is 18.2 Å². The number of hydrogen-bond donors (Lipinski definition) is 1. The van der Waals surface area contributed by atoms with Crippen LogP contribution in [0.15, 0.2) is 42.5 Å². The Kier molecular flexibility index (Phi) is 7.07. The number of benzene rings is 2. The van der Waals surface area contributed by atoms with E-state index in [0.717, 1.165) is 18.7 Å². The van der Waals surface area contributed by atoms with Gasteiger partial charge in [-0.25, -0.2) is 4.39 Å². The third-order valence-corrected chi connectivity index (χ3v) is 5.13. The van der Waals surface area contributed by atoms with Crippen molar-refractivity contribution in [2.45, 2.75) is 19.1 Å². The van der Waals surface area contributed by atoms with Crippen molar-refractivity contribution in [1.82, 2.24) is 10.2 Å². The average Bonchev–Trinajstić information content (AvgIpc) is 2.63. The Morgan fingerprint density at radius 3 is 2.81 bits per heavy atom. The first-order chi connectivity index (χ1) is 13.0. The highest BCUT2D eigenvalue weighted by molar-refractivity contribution is 6.42. The zero-order valence-corrected chi connectivity index (χ0v) is 16.3. The zero-order chi connectivity index (χ0) is 19.2. The maximum Gasteiger partial charge on any atom is 0.224 e. The van der Waals surface area contributed by atoms with Crippen LogP contribution in [0.4, 0.5) is 4.39 Å². The lowest BCUT2D eigenvalue weighted by Crippen LogP contribution is -2.47. The summed E-state index contributed by atoms with van der Waals surface area (Å²) in [6, 6.07) is 11.7. The Morgan fingerprint density at radius 1 is 1.19 bits per heavy atom. The highest BCUT2D eigenvalue weighted by atomic mass is 35.5. The van der Waals surface area contributed by atoms with E-state index in [-0.39, 0.29) is 24.2 Å². The van der Waals surface area contributed by atoms with E-state index in [9.17, 15) is 9.18 Å². The summed E-state index contributed by atoms with van der Waals surface area (Å²) in [6.07, 6.45) is 0.0651. The van der Waals surface area contributed by atoms with Crippen LogP contribution in [0.5, 0.6) is 0 Å². The summed E-state index contributed by atoms with van der Waals surface area (Å²) in [4.78, 5) is 14.3. The first-order valence-corrected chi connectivity index (χ1v) is 9.54. The van der Waals surface area contributed by atoms with Crippen LogP contribution in [-0.2, 0) is 22.5 Å². The van der Waals surface area contributed by atoms with Crippen molar-refractivity contribution in [3.8, 4) is 0 Å². The predicted octanol–water partition coefficient (Wildman–Crippen LogP) is 3.69. The highest BCUT2D eigenvalue weighted by Gasteiger charge is 2.21. The zero-order valence-electron chi connectivity index (χ0n) is 14.8. The van der Waals surface area contributed by atoms with Crippen molar-refractivity contribution in [2.24, 2.45) is 0 Å². The molecule has 1 saturated heterocycles. The molecule has 0 aliphatic carbocycles. The normalized spacial score (nSPS) is 17.7. The fourth-order valence-electron chi connectivity index (χ4n) is 3.07. The van der Waals surface area contributed by atoms with E-state index in [4.69, 9.17) is 27.9 Å². The number of carbonyl (C=O) groups is 1. The Morgan fingerprint density at radius 2 is 2.04 bits per heavy atom. The number of nitrogens with zero attached hydrogens (tertiary/aromatic N) is 1. The molecule has 1 fully saturated rings. The van der Waals surface area contributed by atoms with Gasteiger partial charge in [-0.05, 0) is 35.4 Å². The van der Waals surface area contributed by atoms with E-state index in [1.807, 2.05) is 12.1 Å². The molecule has 144 valence electrons. The van der Waals surface area contributed by atoms with Gasteiger partial charge in [0.15, 0.2) is 0 Å². The van der Waals surface area contributed by atoms with E-state index < -0.39 is 0 Å². The third-order valence-electron chi connectivity index (χ3n) is 4.39. The summed E-state index contributed by atoms with van der Waals surface area (Å²) in [5.41, 5.74) is 1.73. The lowest BCUT2D eigenvalue weighted by Gasteiger charge is -2.33. The second kappa shape index (κ2) is 9.51. The molecule has 1 N–H and O–H groups in total. The quantitative estimate of drug-likeness (QED) is 0.789. The molecule has 1 aliphatic rings. The van der Waals surface area contributed by atoms with Gasteiger partial charge in [-0.15, -0.1) is 0 Å². The Balaban J connectivity index is 1.46. The van der Waals surface area contributed by atoms with Crippen molar-refractivity contribution in [3.05, 3.63) is 69.5 Å². The summed E-state index contributed by atoms with van der Waals surface area (Å²) < 4.78 is 18.9. The Hall–Kier alpha value is -1.66. The van der Waals surface area contributed by atoms with Crippen molar-refractivity contribution >= 4 is 29.1 Å². The van der Waals surface area contributed by atoms with Gasteiger partial charge >= 0.3 is 0 Å². The van der Waals surface area contributed by atoms with Gasteiger partial charge in [0.1, 0.15) is 5.82 Å². The third kappa shape index (κ3) is 6.18. The van der Waals surface area contributed by atoms with Crippen LogP contribution >= 0.6 is 23.2 Å². The molecule has 1 atom stereocenters. The number of ether oxygens (including phenoxy) is 1. The molecule has 3 rings (SSSR count). The standard InChI is InChI=1S/C20H21Cl2FN2O2/c21-18-5-4-15(9-19(18)22)12-25-6-7-27-17(13-25)11-24-20(26)10-14-2-1-3-16(23)8-14/h1-5,8-9,17H,6-7,10-13H2,(H,24,26). The lowest BCUT2D eigenvalue weighted by molar-refractivity contribution is -0.121. The summed E-state index contributed by atoms with van der Waals surface area (Å²) in [6.45, 7) is 3.29.